The Balaban J connectivity index is 1.98. The van der Waals surface area contributed by atoms with Gasteiger partial charge in [0.1, 0.15) is 5.82 Å². The third kappa shape index (κ3) is 3.39. The van der Waals surface area contributed by atoms with E-state index < -0.39 is 0 Å². The maximum Gasteiger partial charge on any atom is 0.270 e. The van der Waals surface area contributed by atoms with Crippen LogP contribution >= 0.6 is 39.9 Å². The number of amides is 1. The topological polar surface area (TPSA) is 20.3 Å². The molecule has 0 unspecified atom stereocenters. The second-order valence-corrected chi connectivity index (χ2v) is 7.61. The van der Waals surface area contributed by atoms with E-state index in [2.05, 4.69) is 15.9 Å². The maximum absolute atomic E-state index is 13.9. The Hall–Kier alpha value is -1.50. The maximum atomic E-state index is 13.9. The van der Waals surface area contributed by atoms with E-state index in [1.54, 1.807) is 12.1 Å². The third-order valence-corrected chi connectivity index (χ3v) is 5.09. The lowest BCUT2D eigenvalue weighted by atomic mass is 10.2. The number of hydrogen-bond donors (Lipinski definition) is 0. The van der Waals surface area contributed by atoms with Crippen molar-refractivity contribution in [2.75, 3.05) is 4.90 Å². The van der Waals surface area contributed by atoms with Crippen LogP contribution < -0.4 is 4.90 Å². The molecule has 0 aliphatic carbocycles. The van der Waals surface area contributed by atoms with Gasteiger partial charge in [-0.15, -0.1) is 0 Å². The molecule has 2 aromatic carbocycles. The highest BCUT2D eigenvalue weighted by Crippen LogP contribution is 2.36. The van der Waals surface area contributed by atoms with Crippen molar-refractivity contribution in [3.63, 3.8) is 0 Å². The van der Waals surface area contributed by atoms with Crippen molar-refractivity contribution in [3.05, 3.63) is 68.8 Å². The molecule has 0 saturated carbocycles. The van der Waals surface area contributed by atoms with Gasteiger partial charge in [-0.3, -0.25) is 9.69 Å². The van der Waals surface area contributed by atoms with Gasteiger partial charge in [-0.1, -0.05) is 52.0 Å². The van der Waals surface area contributed by atoms with Gasteiger partial charge < -0.3 is 0 Å². The summed E-state index contributed by atoms with van der Waals surface area (Å²) in [5, 5.41) is 0. The zero-order chi connectivity index (χ0) is 16.6. The Labute approximate surface area is 151 Å². The van der Waals surface area contributed by atoms with Gasteiger partial charge in [0.05, 0.1) is 10.6 Å². The van der Waals surface area contributed by atoms with Gasteiger partial charge in [-0.05, 0) is 48.9 Å². The van der Waals surface area contributed by atoms with Crippen LogP contribution in [0.2, 0.25) is 0 Å². The van der Waals surface area contributed by atoms with Crippen LogP contribution in [0.3, 0.4) is 0 Å². The van der Waals surface area contributed by atoms with Gasteiger partial charge in [0, 0.05) is 10.0 Å². The Morgan fingerprint density at radius 3 is 2.78 bits per heavy atom. The number of rotatable bonds is 2. The van der Waals surface area contributed by atoms with Crippen molar-refractivity contribution in [2.24, 2.45) is 0 Å². The standard InChI is InChI=1S/C17H11BrFNOS2/c1-10-3-2-4-13(7-10)20-16(21)15(23-17(20)22)9-11-8-12(18)5-6-14(11)19/h2-9H,1H3/b15-9+. The zero-order valence-electron chi connectivity index (χ0n) is 12.0. The zero-order valence-corrected chi connectivity index (χ0v) is 15.3. The van der Waals surface area contributed by atoms with E-state index in [1.807, 2.05) is 31.2 Å². The first-order valence-electron chi connectivity index (χ1n) is 6.75. The summed E-state index contributed by atoms with van der Waals surface area (Å²) in [5.41, 5.74) is 2.12. The first-order valence-corrected chi connectivity index (χ1v) is 8.77. The van der Waals surface area contributed by atoms with Crippen molar-refractivity contribution >= 4 is 61.9 Å². The van der Waals surface area contributed by atoms with Crippen LogP contribution in [0.4, 0.5) is 10.1 Å². The number of carbonyl (C=O) groups excluding carboxylic acids is 1. The molecule has 116 valence electrons. The van der Waals surface area contributed by atoms with Gasteiger partial charge in [-0.25, -0.2) is 4.39 Å². The van der Waals surface area contributed by atoms with E-state index in [-0.39, 0.29) is 11.7 Å². The Morgan fingerprint density at radius 2 is 2.04 bits per heavy atom. The van der Waals surface area contributed by atoms with Crippen molar-refractivity contribution < 1.29 is 9.18 Å². The summed E-state index contributed by atoms with van der Waals surface area (Å²) in [6, 6.07) is 12.2. The number of halogens is 2. The van der Waals surface area contributed by atoms with Gasteiger partial charge in [0.2, 0.25) is 0 Å². The van der Waals surface area contributed by atoms with Gasteiger partial charge in [0.25, 0.3) is 5.91 Å². The molecule has 0 atom stereocenters. The first-order chi connectivity index (χ1) is 11.0. The Morgan fingerprint density at radius 1 is 1.26 bits per heavy atom. The van der Waals surface area contributed by atoms with Crippen LogP contribution in [0.15, 0.2) is 51.8 Å². The van der Waals surface area contributed by atoms with E-state index in [4.69, 9.17) is 12.2 Å². The third-order valence-electron chi connectivity index (χ3n) is 3.30. The second kappa shape index (κ2) is 6.55. The summed E-state index contributed by atoms with van der Waals surface area (Å²) in [4.78, 5) is 14.5. The predicted molar refractivity (Wildman–Crippen MR) is 101 cm³/mol. The molecule has 2 nitrogen and oxygen atoms in total. The number of thiocarbonyl (C=S) groups is 1. The minimum atomic E-state index is -0.381. The molecule has 0 spiro atoms. The largest absolute Gasteiger partial charge is 0.270 e. The van der Waals surface area contributed by atoms with Crippen LogP contribution in [-0.2, 0) is 4.79 Å². The number of aryl methyl sites for hydroxylation is 1. The summed E-state index contributed by atoms with van der Waals surface area (Å²) in [6.07, 6.45) is 1.54. The average molecular weight is 408 g/mol. The molecule has 23 heavy (non-hydrogen) atoms. The van der Waals surface area contributed by atoms with Gasteiger partial charge in [0.15, 0.2) is 4.32 Å². The van der Waals surface area contributed by atoms with Crippen molar-refractivity contribution in [3.8, 4) is 0 Å². The van der Waals surface area contributed by atoms with Crippen molar-refractivity contribution in [2.45, 2.75) is 6.92 Å². The molecule has 1 amide bonds. The van der Waals surface area contributed by atoms with E-state index >= 15 is 0 Å². The molecule has 3 rings (SSSR count). The van der Waals surface area contributed by atoms with Crippen LogP contribution in [-0.4, -0.2) is 10.2 Å². The molecule has 0 radical (unpaired) electrons. The quantitative estimate of drug-likeness (QED) is 0.497. The Bertz CT molecular complexity index is 850. The fourth-order valence-corrected chi connectivity index (χ4v) is 3.89. The normalized spacial score (nSPS) is 16.5. The van der Waals surface area contributed by atoms with E-state index in [0.717, 1.165) is 15.7 Å². The first kappa shape index (κ1) is 16.4. The molecule has 1 heterocycles. The lowest BCUT2D eigenvalue weighted by Gasteiger charge is -2.14. The molecule has 1 aliphatic rings. The minimum absolute atomic E-state index is 0.232. The highest BCUT2D eigenvalue weighted by Gasteiger charge is 2.33. The molecule has 6 heteroatoms. The van der Waals surface area contributed by atoms with E-state index in [9.17, 15) is 9.18 Å². The van der Waals surface area contributed by atoms with E-state index in [1.165, 1.54) is 28.8 Å². The van der Waals surface area contributed by atoms with E-state index in [0.29, 0.717) is 14.8 Å². The van der Waals surface area contributed by atoms with Gasteiger partial charge in [-0.2, -0.15) is 0 Å². The molecular formula is C17H11BrFNOS2. The van der Waals surface area contributed by atoms with Crippen LogP contribution in [0.1, 0.15) is 11.1 Å². The van der Waals surface area contributed by atoms with Crippen LogP contribution in [0.5, 0.6) is 0 Å². The number of anilines is 1. The number of nitrogens with zero attached hydrogens (tertiary/aromatic N) is 1. The number of carbonyl (C=O) groups is 1. The molecule has 1 saturated heterocycles. The SMILES string of the molecule is Cc1cccc(N2C(=O)/C(=C\c3cc(Br)ccc3F)SC2=S)c1. The highest BCUT2D eigenvalue weighted by molar-refractivity contribution is 9.10. The summed E-state index contributed by atoms with van der Waals surface area (Å²) in [5.74, 6) is -0.612. The minimum Gasteiger partial charge on any atom is -0.268 e. The summed E-state index contributed by atoms with van der Waals surface area (Å²) < 4.78 is 15.1. The number of thioether (sulfide) groups is 1. The lowest BCUT2D eigenvalue weighted by Crippen LogP contribution is -2.27. The molecule has 1 fully saturated rings. The van der Waals surface area contributed by atoms with Crippen LogP contribution in [0, 0.1) is 12.7 Å². The highest BCUT2D eigenvalue weighted by atomic mass is 79.9. The van der Waals surface area contributed by atoms with Crippen molar-refractivity contribution in [1.82, 2.24) is 0 Å². The molecular weight excluding hydrogens is 397 g/mol. The molecule has 0 bridgehead atoms. The van der Waals surface area contributed by atoms with Crippen molar-refractivity contribution in [1.29, 1.82) is 0 Å². The summed E-state index contributed by atoms with van der Waals surface area (Å²) >= 11 is 9.80. The smallest absolute Gasteiger partial charge is 0.268 e. The fraction of sp³-hybridized carbons (Fsp3) is 0.0588. The predicted octanol–water partition coefficient (Wildman–Crippen LogP) is 5.30. The second-order valence-electron chi connectivity index (χ2n) is 5.02. The van der Waals surface area contributed by atoms with Crippen LogP contribution in [0.25, 0.3) is 6.08 Å². The summed E-state index contributed by atoms with van der Waals surface area (Å²) in [7, 11) is 0. The molecule has 0 aromatic heterocycles. The fourth-order valence-electron chi connectivity index (χ4n) is 2.22. The Kier molecular flexibility index (Phi) is 4.66. The monoisotopic (exact) mass is 407 g/mol. The average Bonchev–Trinajstić information content (AvgIpc) is 2.77. The summed E-state index contributed by atoms with van der Waals surface area (Å²) in [6.45, 7) is 1.95. The number of benzene rings is 2. The molecule has 2 aromatic rings. The molecule has 0 N–H and O–H groups in total. The molecule has 1 aliphatic heterocycles. The van der Waals surface area contributed by atoms with Gasteiger partial charge >= 0.3 is 0 Å². The number of hydrogen-bond acceptors (Lipinski definition) is 3. The lowest BCUT2D eigenvalue weighted by molar-refractivity contribution is -0.113.